The first-order valence-corrected chi connectivity index (χ1v) is 9.94. The van der Waals surface area contributed by atoms with Gasteiger partial charge in [0, 0.05) is 25.7 Å². The van der Waals surface area contributed by atoms with Gasteiger partial charge in [-0.15, -0.1) is 0 Å². The molecule has 128 valence electrons. The van der Waals surface area contributed by atoms with Crippen molar-refractivity contribution in [3.63, 3.8) is 0 Å². The van der Waals surface area contributed by atoms with Gasteiger partial charge < -0.3 is 9.80 Å². The lowest BCUT2D eigenvalue weighted by atomic mass is 9.64. The van der Waals surface area contributed by atoms with Gasteiger partial charge in [0.15, 0.2) is 0 Å². The standard InChI is InChI=1S/C20H38N2/c1-16(2)19-5-7-20(8-6-19)9-11-21(12-10-20)13-18-14-22(15-18)17(3)4/h16-19H,5-15H2,1-4H3. The molecule has 2 heterocycles. The summed E-state index contributed by atoms with van der Waals surface area (Å²) in [4.78, 5) is 5.39. The Bertz CT molecular complexity index is 339. The maximum Gasteiger partial charge on any atom is 0.00388 e. The van der Waals surface area contributed by atoms with E-state index in [9.17, 15) is 0 Å². The summed E-state index contributed by atoms with van der Waals surface area (Å²) in [5.41, 5.74) is 0.742. The van der Waals surface area contributed by atoms with E-state index in [0.717, 1.165) is 29.2 Å². The molecule has 2 heteroatoms. The van der Waals surface area contributed by atoms with Gasteiger partial charge in [-0.3, -0.25) is 0 Å². The van der Waals surface area contributed by atoms with Gasteiger partial charge in [-0.25, -0.2) is 0 Å². The van der Waals surface area contributed by atoms with Crippen LogP contribution in [0.5, 0.6) is 0 Å². The van der Waals surface area contributed by atoms with E-state index >= 15 is 0 Å². The van der Waals surface area contributed by atoms with E-state index in [1.807, 2.05) is 0 Å². The highest BCUT2D eigenvalue weighted by atomic mass is 15.2. The first-order valence-electron chi connectivity index (χ1n) is 9.94. The summed E-state index contributed by atoms with van der Waals surface area (Å²) in [7, 11) is 0. The summed E-state index contributed by atoms with van der Waals surface area (Å²) in [5.74, 6) is 2.87. The summed E-state index contributed by atoms with van der Waals surface area (Å²) in [6.07, 6.45) is 9.02. The largest absolute Gasteiger partial charge is 0.303 e. The summed E-state index contributed by atoms with van der Waals surface area (Å²) in [5, 5.41) is 0. The van der Waals surface area contributed by atoms with Crippen LogP contribution in [-0.4, -0.2) is 48.6 Å². The first-order chi connectivity index (χ1) is 10.5. The number of rotatable bonds is 4. The predicted molar refractivity (Wildman–Crippen MR) is 95.1 cm³/mol. The van der Waals surface area contributed by atoms with Gasteiger partial charge in [-0.1, -0.05) is 13.8 Å². The second kappa shape index (κ2) is 6.81. The highest BCUT2D eigenvalue weighted by Crippen LogP contribution is 2.47. The lowest BCUT2D eigenvalue weighted by Crippen LogP contribution is -2.55. The van der Waals surface area contributed by atoms with Crippen LogP contribution in [0, 0.1) is 23.2 Å². The highest BCUT2D eigenvalue weighted by Gasteiger charge is 2.39. The lowest BCUT2D eigenvalue weighted by Gasteiger charge is -2.49. The fraction of sp³-hybridized carbons (Fsp3) is 1.00. The molecule has 0 amide bonds. The van der Waals surface area contributed by atoms with Crippen LogP contribution in [0.4, 0.5) is 0 Å². The fourth-order valence-electron chi connectivity index (χ4n) is 5.14. The molecule has 2 nitrogen and oxygen atoms in total. The van der Waals surface area contributed by atoms with Crippen molar-refractivity contribution >= 4 is 0 Å². The molecule has 0 radical (unpaired) electrons. The molecule has 22 heavy (non-hydrogen) atoms. The van der Waals surface area contributed by atoms with E-state index in [2.05, 4.69) is 37.5 Å². The minimum Gasteiger partial charge on any atom is -0.303 e. The van der Waals surface area contributed by atoms with E-state index < -0.39 is 0 Å². The molecule has 0 aromatic rings. The quantitative estimate of drug-likeness (QED) is 0.766. The summed E-state index contributed by atoms with van der Waals surface area (Å²) in [6, 6.07) is 0.747. The smallest absolute Gasteiger partial charge is 0.00388 e. The molecule has 3 fully saturated rings. The monoisotopic (exact) mass is 306 g/mol. The molecule has 2 saturated heterocycles. The Balaban J connectivity index is 1.38. The second-order valence-electron chi connectivity index (χ2n) is 9.30. The molecule has 0 aromatic carbocycles. The van der Waals surface area contributed by atoms with Gasteiger partial charge in [0.1, 0.15) is 0 Å². The predicted octanol–water partition coefficient (Wildman–Crippen LogP) is 4.26. The third-order valence-corrected chi connectivity index (χ3v) is 7.18. The molecule has 1 spiro atoms. The Kier molecular flexibility index (Phi) is 5.19. The van der Waals surface area contributed by atoms with Gasteiger partial charge in [0.2, 0.25) is 0 Å². The van der Waals surface area contributed by atoms with E-state index in [0.29, 0.717) is 0 Å². The van der Waals surface area contributed by atoms with Gasteiger partial charge in [-0.2, -0.15) is 0 Å². The zero-order chi connectivity index (χ0) is 15.7. The number of piperidine rings is 1. The topological polar surface area (TPSA) is 6.48 Å². The second-order valence-corrected chi connectivity index (χ2v) is 9.30. The van der Waals surface area contributed by atoms with E-state index in [-0.39, 0.29) is 0 Å². The van der Waals surface area contributed by atoms with Gasteiger partial charge in [-0.05, 0) is 88.6 Å². The molecule has 0 N–H and O–H groups in total. The third kappa shape index (κ3) is 3.70. The van der Waals surface area contributed by atoms with Crippen LogP contribution in [0.25, 0.3) is 0 Å². The molecule has 1 aliphatic carbocycles. The van der Waals surface area contributed by atoms with Crippen LogP contribution in [0.2, 0.25) is 0 Å². The van der Waals surface area contributed by atoms with Crippen molar-refractivity contribution in [3.05, 3.63) is 0 Å². The van der Waals surface area contributed by atoms with E-state index in [1.165, 1.54) is 71.2 Å². The zero-order valence-corrected chi connectivity index (χ0v) is 15.5. The van der Waals surface area contributed by atoms with Crippen molar-refractivity contribution in [1.82, 2.24) is 9.80 Å². The molecule has 0 bridgehead atoms. The SMILES string of the molecule is CC(C)C1CCC2(CC1)CCN(CC1CN(C(C)C)C1)CC2. The Morgan fingerprint density at radius 3 is 2.00 bits per heavy atom. The normalized spacial score (nSPS) is 28.6. The van der Waals surface area contributed by atoms with Gasteiger partial charge in [0.25, 0.3) is 0 Å². The maximum absolute atomic E-state index is 2.78. The average molecular weight is 307 g/mol. The lowest BCUT2D eigenvalue weighted by molar-refractivity contribution is 0.00600. The molecule has 3 rings (SSSR count). The number of hydrogen-bond acceptors (Lipinski definition) is 2. The fourth-order valence-corrected chi connectivity index (χ4v) is 5.14. The summed E-state index contributed by atoms with van der Waals surface area (Å²) < 4.78 is 0. The number of hydrogen-bond donors (Lipinski definition) is 0. The van der Waals surface area contributed by atoms with Gasteiger partial charge in [0.05, 0.1) is 0 Å². The zero-order valence-electron chi connectivity index (χ0n) is 15.5. The molecular weight excluding hydrogens is 268 g/mol. The molecule has 0 aromatic heterocycles. The van der Waals surface area contributed by atoms with Crippen molar-refractivity contribution in [2.75, 3.05) is 32.7 Å². The minimum atomic E-state index is 0.742. The van der Waals surface area contributed by atoms with E-state index in [1.54, 1.807) is 0 Å². The third-order valence-electron chi connectivity index (χ3n) is 7.18. The van der Waals surface area contributed by atoms with Crippen molar-refractivity contribution in [2.24, 2.45) is 23.2 Å². The molecule has 3 aliphatic rings. The molecule has 0 unspecified atom stereocenters. The molecule has 2 aliphatic heterocycles. The molecule has 0 atom stereocenters. The molecule has 1 saturated carbocycles. The van der Waals surface area contributed by atoms with E-state index in [4.69, 9.17) is 0 Å². The van der Waals surface area contributed by atoms with Crippen LogP contribution in [0.1, 0.15) is 66.2 Å². The first kappa shape index (κ1) is 16.8. The van der Waals surface area contributed by atoms with Crippen molar-refractivity contribution in [3.8, 4) is 0 Å². The number of nitrogens with zero attached hydrogens (tertiary/aromatic N) is 2. The van der Waals surface area contributed by atoms with Crippen molar-refractivity contribution in [1.29, 1.82) is 0 Å². The number of likely N-dealkylation sites (tertiary alicyclic amines) is 2. The Morgan fingerprint density at radius 2 is 1.50 bits per heavy atom. The van der Waals surface area contributed by atoms with Crippen LogP contribution in [-0.2, 0) is 0 Å². The maximum atomic E-state index is 2.78. The highest BCUT2D eigenvalue weighted by molar-refractivity contribution is 4.92. The minimum absolute atomic E-state index is 0.742. The van der Waals surface area contributed by atoms with Gasteiger partial charge >= 0.3 is 0 Å². The summed E-state index contributed by atoms with van der Waals surface area (Å²) in [6.45, 7) is 16.3. The van der Waals surface area contributed by atoms with Crippen LogP contribution in [0.15, 0.2) is 0 Å². The molecular formula is C20H38N2. The van der Waals surface area contributed by atoms with Crippen LogP contribution < -0.4 is 0 Å². The van der Waals surface area contributed by atoms with Crippen LogP contribution in [0.3, 0.4) is 0 Å². The summed E-state index contributed by atoms with van der Waals surface area (Å²) >= 11 is 0. The Labute approximate surface area is 138 Å². The van der Waals surface area contributed by atoms with Crippen molar-refractivity contribution < 1.29 is 0 Å². The Morgan fingerprint density at radius 1 is 0.909 bits per heavy atom. The van der Waals surface area contributed by atoms with Crippen LogP contribution >= 0.6 is 0 Å². The van der Waals surface area contributed by atoms with Crippen molar-refractivity contribution in [2.45, 2.75) is 72.3 Å². The Hall–Kier alpha value is -0.0800. The average Bonchev–Trinajstić information content (AvgIpc) is 2.44.